The smallest absolute Gasteiger partial charge is 0.253 e. The van der Waals surface area contributed by atoms with Gasteiger partial charge >= 0.3 is 0 Å². The fourth-order valence-electron chi connectivity index (χ4n) is 3.39. The van der Waals surface area contributed by atoms with Gasteiger partial charge < -0.3 is 15.4 Å². The molecule has 2 aromatic carbocycles. The highest BCUT2D eigenvalue weighted by Gasteiger charge is 2.18. The van der Waals surface area contributed by atoms with Crippen LogP contribution in [0.4, 0.5) is 15.9 Å². The first kappa shape index (κ1) is 29.0. The van der Waals surface area contributed by atoms with E-state index in [1.165, 1.54) is 20.3 Å². The van der Waals surface area contributed by atoms with E-state index in [0.29, 0.717) is 52.0 Å². The van der Waals surface area contributed by atoms with Gasteiger partial charge in [0.15, 0.2) is 0 Å². The molecule has 0 saturated heterocycles. The maximum Gasteiger partial charge on any atom is 0.253 e. The van der Waals surface area contributed by atoms with Crippen molar-refractivity contribution < 1.29 is 18.8 Å². The van der Waals surface area contributed by atoms with Crippen LogP contribution in [0.2, 0.25) is 0 Å². The quantitative estimate of drug-likeness (QED) is 0.0989. The lowest BCUT2D eigenvalue weighted by Gasteiger charge is -2.21. The number of aliphatic imine (C=N–C) groups is 2. The number of allylic oxidation sites excluding steroid dienone is 1. The summed E-state index contributed by atoms with van der Waals surface area (Å²) in [5.41, 5.74) is 2.50. The number of anilines is 1. The largest absolute Gasteiger partial charge is 0.494 e. The topological polar surface area (TPSA) is 95.4 Å². The molecule has 0 heterocycles. The first-order valence-electron chi connectivity index (χ1n) is 12.0. The first-order chi connectivity index (χ1) is 17.7. The number of nitrogens with zero attached hydrogens (tertiary/aromatic N) is 3. The van der Waals surface area contributed by atoms with Crippen LogP contribution in [0.25, 0.3) is 0 Å². The van der Waals surface area contributed by atoms with E-state index in [0.717, 1.165) is 0 Å². The number of hydrogen-bond donors (Lipinski definition) is 2. The molecular weight excluding hydrogens is 473 g/mol. The van der Waals surface area contributed by atoms with Gasteiger partial charge in [-0.05, 0) is 63.1 Å². The molecule has 0 aliphatic rings. The highest BCUT2D eigenvalue weighted by atomic mass is 19.2. The predicted molar refractivity (Wildman–Crippen MR) is 147 cm³/mol. The number of para-hydroxylation sites is 1. The molecule has 9 heteroatoms. The minimum absolute atomic E-state index is 0.0775. The number of carbonyl (C=O) groups excluding carboxylic acids is 2. The van der Waals surface area contributed by atoms with E-state index in [-0.39, 0.29) is 17.6 Å². The molecule has 2 rings (SSSR count). The maximum absolute atomic E-state index is 15.1. The molecular formula is C28H34FN5O3. The van der Waals surface area contributed by atoms with Crippen LogP contribution in [0.1, 0.15) is 56.1 Å². The summed E-state index contributed by atoms with van der Waals surface area (Å²) in [6.45, 7) is 11.2. The molecule has 37 heavy (non-hydrogen) atoms. The van der Waals surface area contributed by atoms with Crippen LogP contribution in [-0.4, -0.2) is 42.8 Å². The summed E-state index contributed by atoms with van der Waals surface area (Å²) >= 11 is 0. The summed E-state index contributed by atoms with van der Waals surface area (Å²) in [6.07, 6.45) is 3.32. The van der Waals surface area contributed by atoms with Crippen LogP contribution in [-0.2, 0) is 9.53 Å². The van der Waals surface area contributed by atoms with E-state index >= 15 is 4.48 Å². The van der Waals surface area contributed by atoms with Gasteiger partial charge in [-0.3, -0.25) is 9.59 Å². The Balaban J connectivity index is 2.14. The van der Waals surface area contributed by atoms with Crippen molar-refractivity contribution in [1.29, 1.82) is 0 Å². The Hall–Kier alpha value is -4.27. The third-order valence-electron chi connectivity index (χ3n) is 5.43. The Kier molecular flexibility index (Phi) is 11.2. The van der Waals surface area contributed by atoms with E-state index in [2.05, 4.69) is 27.2 Å². The van der Waals surface area contributed by atoms with Crippen molar-refractivity contribution in [2.75, 3.05) is 19.0 Å². The summed E-state index contributed by atoms with van der Waals surface area (Å²) in [6, 6.07) is 13.1. The maximum atomic E-state index is 15.1. The van der Waals surface area contributed by atoms with E-state index in [1.54, 1.807) is 61.5 Å². The number of carbonyl (C=O) groups is 2. The van der Waals surface area contributed by atoms with Crippen LogP contribution >= 0.6 is 0 Å². The number of nitrogens with one attached hydrogen (secondary N) is 2. The Bertz CT molecular complexity index is 1210. The molecule has 196 valence electrons. The summed E-state index contributed by atoms with van der Waals surface area (Å²) in [5, 5.41) is 5.92. The zero-order chi connectivity index (χ0) is 27.4. The van der Waals surface area contributed by atoms with Gasteiger partial charge in [-0.1, -0.05) is 42.2 Å². The molecule has 2 aromatic rings. The lowest BCUT2D eigenvalue weighted by Crippen LogP contribution is -2.24. The van der Waals surface area contributed by atoms with Crippen molar-refractivity contribution in [2.24, 2.45) is 9.98 Å². The minimum atomic E-state index is -0.689. The van der Waals surface area contributed by atoms with Gasteiger partial charge in [0, 0.05) is 18.3 Å². The molecule has 0 aliphatic heterocycles. The normalized spacial score (nSPS) is 12.7. The van der Waals surface area contributed by atoms with Crippen molar-refractivity contribution in [3.63, 3.8) is 0 Å². The van der Waals surface area contributed by atoms with Gasteiger partial charge in [-0.25, -0.2) is 9.98 Å². The Morgan fingerprint density at radius 3 is 2.59 bits per heavy atom. The van der Waals surface area contributed by atoms with Crippen LogP contribution in [0.3, 0.4) is 0 Å². The number of ether oxygens (including phenoxy) is 1. The molecule has 0 fully saturated rings. The molecule has 8 nitrogen and oxygen atoms in total. The molecule has 0 spiro atoms. The van der Waals surface area contributed by atoms with E-state index in [1.807, 2.05) is 13.8 Å². The van der Waals surface area contributed by atoms with Gasteiger partial charge in [-0.2, -0.15) is 5.12 Å². The minimum Gasteiger partial charge on any atom is -0.494 e. The number of amides is 2. The predicted octanol–water partition coefficient (Wildman–Crippen LogP) is 5.90. The summed E-state index contributed by atoms with van der Waals surface area (Å²) < 4.78 is 20.4. The fourth-order valence-corrected chi connectivity index (χ4v) is 3.39. The van der Waals surface area contributed by atoms with Crippen molar-refractivity contribution in [2.45, 2.75) is 40.2 Å². The lowest BCUT2D eigenvalue weighted by molar-refractivity contribution is -0.113. The number of rotatable bonds is 11. The van der Waals surface area contributed by atoms with Crippen LogP contribution < -0.4 is 10.6 Å². The summed E-state index contributed by atoms with van der Waals surface area (Å²) in [7, 11) is 1.53. The third-order valence-corrected chi connectivity index (χ3v) is 5.43. The Labute approximate surface area is 217 Å². The molecule has 0 aromatic heterocycles. The van der Waals surface area contributed by atoms with Gasteiger partial charge in [0.1, 0.15) is 17.9 Å². The number of amidine groups is 1. The first-order valence-corrected chi connectivity index (χ1v) is 12.0. The Morgan fingerprint density at radius 2 is 1.92 bits per heavy atom. The monoisotopic (exact) mass is 507 g/mol. The van der Waals surface area contributed by atoms with E-state index < -0.39 is 6.04 Å². The molecule has 0 saturated carbocycles. The second-order valence-electron chi connectivity index (χ2n) is 8.01. The molecule has 1 unspecified atom stereocenters. The van der Waals surface area contributed by atoms with Gasteiger partial charge in [0.05, 0.1) is 23.9 Å². The van der Waals surface area contributed by atoms with Crippen molar-refractivity contribution in [3.8, 4) is 0 Å². The second kappa shape index (κ2) is 14.3. The lowest BCUT2D eigenvalue weighted by atomic mass is 10.1. The second-order valence-corrected chi connectivity index (χ2v) is 8.01. The third kappa shape index (κ3) is 8.42. The highest BCUT2D eigenvalue weighted by Crippen LogP contribution is 2.24. The average molecular weight is 508 g/mol. The summed E-state index contributed by atoms with van der Waals surface area (Å²) in [5.74, 6) is -0.0627. The molecule has 0 bridgehead atoms. The van der Waals surface area contributed by atoms with Crippen molar-refractivity contribution >= 4 is 35.4 Å². The van der Waals surface area contributed by atoms with E-state index in [9.17, 15) is 9.59 Å². The summed E-state index contributed by atoms with van der Waals surface area (Å²) in [4.78, 5) is 33.0. The average Bonchev–Trinajstić information content (AvgIpc) is 2.90. The molecule has 1 atom stereocenters. The zero-order valence-electron chi connectivity index (χ0n) is 21.9. The number of benzene rings is 2. The highest BCUT2D eigenvalue weighted by molar-refractivity contribution is 6.04. The SMILES string of the molecule is C=C(/C=C(\CC)C(=O)Nc1cccc(C(C)N(F)C(C)=NC=Nc2ccccc2C(=O)NC)c1)OCC. The number of halogens is 1. The fraction of sp³-hybridized carbons (Fsp3) is 0.286. The zero-order valence-corrected chi connectivity index (χ0v) is 21.9. The molecule has 2 amide bonds. The standard InChI is InChI=1S/C28H34FN5O3/c1-7-22(16-19(3)37-8-2)27(35)33-24-13-11-12-23(17-24)20(4)34(29)21(5)31-18-32-26-15-10-9-14-25(26)28(36)30-6/h9-18,20H,3,7-8H2,1-2,4-6H3,(H,30,36)(H,33,35)/b22-16+,31-21?,32-18?. The number of hydrogen-bond acceptors (Lipinski definition) is 4. The Morgan fingerprint density at radius 1 is 1.19 bits per heavy atom. The van der Waals surface area contributed by atoms with Crippen LogP contribution in [0, 0.1) is 0 Å². The van der Waals surface area contributed by atoms with Crippen LogP contribution in [0.5, 0.6) is 0 Å². The molecule has 2 N–H and O–H groups in total. The van der Waals surface area contributed by atoms with Gasteiger partial charge in [0.2, 0.25) is 0 Å². The van der Waals surface area contributed by atoms with Gasteiger partial charge in [0.25, 0.3) is 11.8 Å². The molecule has 0 aliphatic carbocycles. The van der Waals surface area contributed by atoms with Crippen molar-refractivity contribution in [1.82, 2.24) is 10.4 Å². The van der Waals surface area contributed by atoms with Gasteiger partial charge in [-0.15, -0.1) is 0 Å². The van der Waals surface area contributed by atoms with E-state index in [4.69, 9.17) is 4.74 Å². The van der Waals surface area contributed by atoms with Crippen molar-refractivity contribution in [3.05, 3.63) is 83.6 Å². The molecule has 0 radical (unpaired) electrons. The van der Waals surface area contributed by atoms with Crippen LogP contribution in [0.15, 0.2) is 82.5 Å².